The predicted molar refractivity (Wildman–Crippen MR) is 108 cm³/mol. The summed E-state index contributed by atoms with van der Waals surface area (Å²) in [5, 5.41) is 9.35. The van der Waals surface area contributed by atoms with Crippen molar-refractivity contribution in [3.8, 4) is 0 Å². The molecule has 0 radical (unpaired) electrons. The van der Waals surface area contributed by atoms with Gasteiger partial charge in [-0.2, -0.15) is 0 Å². The predicted octanol–water partition coefficient (Wildman–Crippen LogP) is 5.75. The highest BCUT2D eigenvalue weighted by Gasteiger charge is 2.23. The van der Waals surface area contributed by atoms with Gasteiger partial charge in [-0.1, -0.05) is 90.2 Å². The van der Waals surface area contributed by atoms with Crippen LogP contribution >= 0.6 is 0 Å². The standard InChI is InChI=1S/C22H43NO2/c1-3-5-6-7-8-9-10-11-12-13-14-15-16-17-18-21(22(23)25)20(4-2)19-24/h7-8,20-21,24H,3-6,9-19H2,1-2H3,(H2,23,25)/b8-7-. The minimum Gasteiger partial charge on any atom is -0.396 e. The summed E-state index contributed by atoms with van der Waals surface area (Å²) in [6.45, 7) is 4.32. The maximum atomic E-state index is 11.5. The number of carbonyl (C=O) groups excluding carboxylic acids is 1. The lowest BCUT2D eigenvalue weighted by atomic mass is 9.85. The molecular formula is C22H43NO2. The van der Waals surface area contributed by atoms with Gasteiger partial charge in [0.15, 0.2) is 0 Å². The van der Waals surface area contributed by atoms with Crippen molar-refractivity contribution in [3.05, 3.63) is 12.2 Å². The highest BCUT2D eigenvalue weighted by Crippen LogP contribution is 2.22. The van der Waals surface area contributed by atoms with Crippen molar-refractivity contribution in [1.82, 2.24) is 0 Å². The minimum absolute atomic E-state index is 0.0357. The summed E-state index contributed by atoms with van der Waals surface area (Å²) >= 11 is 0. The van der Waals surface area contributed by atoms with Gasteiger partial charge in [0.2, 0.25) is 5.91 Å². The Hall–Kier alpha value is -0.830. The van der Waals surface area contributed by atoms with Crippen LogP contribution in [0.1, 0.15) is 104 Å². The van der Waals surface area contributed by atoms with Crippen LogP contribution in [0.25, 0.3) is 0 Å². The smallest absolute Gasteiger partial charge is 0.220 e. The average Bonchev–Trinajstić information content (AvgIpc) is 2.61. The van der Waals surface area contributed by atoms with E-state index in [9.17, 15) is 9.90 Å². The number of nitrogens with two attached hydrogens (primary N) is 1. The van der Waals surface area contributed by atoms with Crippen molar-refractivity contribution in [2.75, 3.05) is 6.61 Å². The van der Waals surface area contributed by atoms with E-state index in [-0.39, 0.29) is 24.3 Å². The van der Waals surface area contributed by atoms with E-state index in [1.54, 1.807) is 0 Å². The van der Waals surface area contributed by atoms with Crippen LogP contribution in [-0.4, -0.2) is 17.6 Å². The van der Waals surface area contributed by atoms with Crippen LogP contribution in [0.5, 0.6) is 0 Å². The first kappa shape index (κ1) is 24.2. The van der Waals surface area contributed by atoms with Gasteiger partial charge in [-0.05, 0) is 31.6 Å². The maximum absolute atomic E-state index is 11.5. The molecule has 0 aromatic heterocycles. The van der Waals surface area contributed by atoms with E-state index in [0.29, 0.717) is 0 Å². The Balaban J connectivity index is 3.48. The van der Waals surface area contributed by atoms with Crippen LogP contribution in [-0.2, 0) is 4.79 Å². The van der Waals surface area contributed by atoms with Gasteiger partial charge in [0.25, 0.3) is 0 Å². The number of amides is 1. The number of primary amides is 1. The SMILES string of the molecule is CCCC/C=C\CCCCCCCCCCC(C(N)=O)C(CC)CO. The van der Waals surface area contributed by atoms with Crippen LogP contribution in [0, 0.1) is 11.8 Å². The molecule has 148 valence electrons. The number of aliphatic hydroxyl groups is 1. The second kappa shape index (κ2) is 18.0. The first-order valence-electron chi connectivity index (χ1n) is 10.7. The molecule has 3 nitrogen and oxygen atoms in total. The van der Waals surface area contributed by atoms with E-state index < -0.39 is 0 Å². The second-order valence-corrected chi connectivity index (χ2v) is 7.38. The van der Waals surface area contributed by atoms with Crippen LogP contribution in [0.3, 0.4) is 0 Å². The third-order valence-corrected chi connectivity index (χ3v) is 5.22. The molecule has 0 aliphatic rings. The van der Waals surface area contributed by atoms with Crippen molar-refractivity contribution in [2.45, 2.75) is 104 Å². The molecule has 0 aromatic rings. The van der Waals surface area contributed by atoms with E-state index in [2.05, 4.69) is 19.1 Å². The number of carbonyl (C=O) groups is 1. The number of rotatable bonds is 18. The van der Waals surface area contributed by atoms with Crippen LogP contribution in [0.15, 0.2) is 12.2 Å². The molecule has 0 saturated heterocycles. The van der Waals surface area contributed by atoms with Gasteiger partial charge >= 0.3 is 0 Å². The first-order valence-corrected chi connectivity index (χ1v) is 10.7. The normalized spacial score (nSPS) is 14.0. The molecule has 0 saturated carbocycles. The molecule has 3 N–H and O–H groups in total. The third kappa shape index (κ3) is 14.1. The van der Waals surface area contributed by atoms with Crippen molar-refractivity contribution in [1.29, 1.82) is 0 Å². The summed E-state index contributed by atoms with van der Waals surface area (Å²) in [6, 6.07) is 0. The van der Waals surface area contributed by atoms with E-state index in [1.165, 1.54) is 70.6 Å². The molecule has 1 amide bonds. The highest BCUT2D eigenvalue weighted by atomic mass is 16.3. The highest BCUT2D eigenvalue weighted by molar-refractivity contribution is 5.76. The zero-order valence-corrected chi connectivity index (χ0v) is 16.8. The summed E-state index contributed by atoms with van der Waals surface area (Å²) in [6.07, 6.45) is 21.5. The fourth-order valence-electron chi connectivity index (χ4n) is 3.40. The monoisotopic (exact) mass is 353 g/mol. The van der Waals surface area contributed by atoms with E-state index >= 15 is 0 Å². The molecule has 3 heteroatoms. The average molecular weight is 354 g/mol. The fraction of sp³-hybridized carbons (Fsp3) is 0.864. The topological polar surface area (TPSA) is 63.3 Å². The summed E-state index contributed by atoms with van der Waals surface area (Å²) < 4.78 is 0. The van der Waals surface area contributed by atoms with Crippen LogP contribution < -0.4 is 5.73 Å². The molecular weight excluding hydrogens is 310 g/mol. The van der Waals surface area contributed by atoms with Crippen LogP contribution in [0.2, 0.25) is 0 Å². The van der Waals surface area contributed by atoms with Gasteiger partial charge in [0.05, 0.1) is 0 Å². The van der Waals surface area contributed by atoms with E-state index in [1.807, 2.05) is 6.92 Å². The molecule has 0 heterocycles. The molecule has 0 aliphatic heterocycles. The van der Waals surface area contributed by atoms with Gasteiger partial charge in [0.1, 0.15) is 0 Å². The largest absolute Gasteiger partial charge is 0.396 e. The summed E-state index contributed by atoms with van der Waals surface area (Å²) in [7, 11) is 0. The van der Waals surface area contributed by atoms with Gasteiger partial charge in [-0.15, -0.1) is 0 Å². The Morgan fingerprint density at radius 3 is 1.88 bits per heavy atom. The lowest BCUT2D eigenvalue weighted by Crippen LogP contribution is -2.31. The molecule has 2 unspecified atom stereocenters. The molecule has 0 spiro atoms. The number of aliphatic hydroxyl groups excluding tert-OH is 1. The Labute approximate surface area is 156 Å². The third-order valence-electron chi connectivity index (χ3n) is 5.22. The van der Waals surface area contributed by atoms with Gasteiger partial charge < -0.3 is 10.8 Å². The molecule has 0 aliphatic carbocycles. The second-order valence-electron chi connectivity index (χ2n) is 7.38. The van der Waals surface area contributed by atoms with Crippen molar-refractivity contribution >= 4 is 5.91 Å². The van der Waals surface area contributed by atoms with Crippen molar-refractivity contribution in [2.24, 2.45) is 17.6 Å². The Morgan fingerprint density at radius 1 is 0.880 bits per heavy atom. The molecule has 0 rings (SSSR count). The summed E-state index contributed by atoms with van der Waals surface area (Å²) in [5.74, 6) is -0.362. The first-order chi connectivity index (χ1) is 12.2. The number of unbranched alkanes of at least 4 members (excludes halogenated alkanes) is 10. The number of allylic oxidation sites excluding steroid dienone is 2. The van der Waals surface area contributed by atoms with Crippen LogP contribution in [0.4, 0.5) is 0 Å². The van der Waals surface area contributed by atoms with Gasteiger partial charge in [-0.25, -0.2) is 0 Å². The zero-order valence-electron chi connectivity index (χ0n) is 16.8. The molecule has 0 aromatic carbocycles. The maximum Gasteiger partial charge on any atom is 0.220 e. The van der Waals surface area contributed by atoms with Gasteiger partial charge in [0, 0.05) is 12.5 Å². The Morgan fingerprint density at radius 2 is 1.40 bits per heavy atom. The summed E-state index contributed by atoms with van der Waals surface area (Å²) in [4.78, 5) is 11.5. The number of hydrogen-bond acceptors (Lipinski definition) is 2. The lowest BCUT2D eigenvalue weighted by Gasteiger charge is -2.21. The molecule has 25 heavy (non-hydrogen) atoms. The van der Waals surface area contributed by atoms with E-state index in [4.69, 9.17) is 5.73 Å². The van der Waals surface area contributed by atoms with Crippen molar-refractivity contribution in [3.63, 3.8) is 0 Å². The lowest BCUT2D eigenvalue weighted by molar-refractivity contribution is -0.124. The fourth-order valence-corrected chi connectivity index (χ4v) is 3.40. The summed E-state index contributed by atoms with van der Waals surface area (Å²) in [5.41, 5.74) is 5.49. The zero-order chi connectivity index (χ0) is 18.8. The molecule has 0 bridgehead atoms. The molecule has 0 fully saturated rings. The number of hydrogen-bond donors (Lipinski definition) is 2. The quantitative estimate of drug-likeness (QED) is 0.243. The Kier molecular flexibility index (Phi) is 17.4. The Bertz CT molecular complexity index is 324. The van der Waals surface area contributed by atoms with Gasteiger partial charge in [-0.3, -0.25) is 4.79 Å². The minimum atomic E-state index is -0.246. The molecule has 2 atom stereocenters. The van der Waals surface area contributed by atoms with E-state index in [0.717, 1.165) is 19.3 Å². The van der Waals surface area contributed by atoms with Crippen molar-refractivity contribution < 1.29 is 9.90 Å².